The SMILES string of the molecule is Cc1noc(C)c1-c1cn(CC2CCC3(COC3)O2)nn1. The number of aryl methyl sites for hydroxylation is 2. The molecule has 1 spiro atoms. The van der Waals surface area contributed by atoms with Crippen molar-refractivity contribution in [2.45, 2.75) is 44.9 Å². The molecule has 0 radical (unpaired) electrons. The molecule has 7 heteroatoms. The van der Waals surface area contributed by atoms with Crippen LogP contribution in [0.15, 0.2) is 10.7 Å². The van der Waals surface area contributed by atoms with Gasteiger partial charge in [0.2, 0.25) is 0 Å². The third-order valence-corrected chi connectivity index (χ3v) is 4.29. The molecule has 4 heterocycles. The van der Waals surface area contributed by atoms with E-state index in [9.17, 15) is 0 Å². The van der Waals surface area contributed by atoms with Gasteiger partial charge in [0, 0.05) is 0 Å². The van der Waals surface area contributed by atoms with Gasteiger partial charge in [-0.15, -0.1) is 5.10 Å². The van der Waals surface area contributed by atoms with E-state index in [2.05, 4.69) is 15.5 Å². The first-order chi connectivity index (χ1) is 10.2. The van der Waals surface area contributed by atoms with Crippen LogP contribution in [-0.4, -0.2) is 45.1 Å². The van der Waals surface area contributed by atoms with E-state index in [1.807, 2.05) is 24.7 Å². The van der Waals surface area contributed by atoms with Gasteiger partial charge in [0.1, 0.15) is 17.1 Å². The normalized spacial score (nSPS) is 23.6. The Morgan fingerprint density at radius 1 is 1.38 bits per heavy atom. The molecule has 1 atom stereocenters. The molecule has 21 heavy (non-hydrogen) atoms. The lowest BCUT2D eigenvalue weighted by Gasteiger charge is -2.37. The van der Waals surface area contributed by atoms with Crippen molar-refractivity contribution in [3.63, 3.8) is 0 Å². The summed E-state index contributed by atoms with van der Waals surface area (Å²) in [5.41, 5.74) is 2.54. The van der Waals surface area contributed by atoms with Gasteiger partial charge in [-0.2, -0.15) is 0 Å². The Bertz CT molecular complexity index is 639. The largest absolute Gasteiger partial charge is 0.375 e. The summed E-state index contributed by atoms with van der Waals surface area (Å²) in [6, 6.07) is 0. The van der Waals surface area contributed by atoms with Gasteiger partial charge in [-0.1, -0.05) is 10.4 Å². The summed E-state index contributed by atoms with van der Waals surface area (Å²) in [5, 5.41) is 12.4. The molecule has 0 N–H and O–H groups in total. The molecule has 0 bridgehead atoms. The van der Waals surface area contributed by atoms with Gasteiger partial charge in [-0.25, -0.2) is 4.68 Å². The van der Waals surface area contributed by atoms with Gasteiger partial charge >= 0.3 is 0 Å². The maximum absolute atomic E-state index is 6.09. The third kappa shape index (κ3) is 2.16. The van der Waals surface area contributed by atoms with Crippen LogP contribution in [-0.2, 0) is 16.0 Å². The van der Waals surface area contributed by atoms with E-state index in [-0.39, 0.29) is 11.7 Å². The van der Waals surface area contributed by atoms with E-state index >= 15 is 0 Å². The number of rotatable bonds is 3. The number of ether oxygens (including phenoxy) is 2. The zero-order chi connectivity index (χ0) is 14.4. The summed E-state index contributed by atoms with van der Waals surface area (Å²) in [5.74, 6) is 0.766. The molecule has 0 saturated carbocycles. The molecule has 2 aromatic rings. The molecule has 112 valence electrons. The summed E-state index contributed by atoms with van der Waals surface area (Å²) in [6.45, 7) is 5.97. The van der Waals surface area contributed by atoms with E-state index in [4.69, 9.17) is 14.0 Å². The van der Waals surface area contributed by atoms with Crippen LogP contribution < -0.4 is 0 Å². The van der Waals surface area contributed by atoms with Crippen LogP contribution in [0.5, 0.6) is 0 Å². The highest BCUT2D eigenvalue weighted by Gasteiger charge is 2.46. The molecule has 2 aromatic heterocycles. The molecule has 2 fully saturated rings. The van der Waals surface area contributed by atoms with Gasteiger partial charge < -0.3 is 14.0 Å². The summed E-state index contributed by atoms with van der Waals surface area (Å²) < 4.78 is 18.4. The van der Waals surface area contributed by atoms with Crippen molar-refractivity contribution in [1.29, 1.82) is 0 Å². The molecule has 0 aromatic carbocycles. The standard InChI is InChI=1S/C14H18N4O3/c1-9-13(10(2)21-16-9)12-6-18(17-15-12)5-11-3-4-14(20-11)7-19-8-14/h6,11H,3-5,7-8H2,1-2H3. The van der Waals surface area contributed by atoms with Crippen molar-refractivity contribution in [3.8, 4) is 11.3 Å². The predicted molar refractivity (Wildman–Crippen MR) is 72.7 cm³/mol. The van der Waals surface area contributed by atoms with Gasteiger partial charge in [0.15, 0.2) is 0 Å². The van der Waals surface area contributed by atoms with Crippen LogP contribution >= 0.6 is 0 Å². The van der Waals surface area contributed by atoms with Gasteiger partial charge in [0.05, 0.1) is 43.3 Å². The van der Waals surface area contributed by atoms with E-state index in [0.717, 1.165) is 55.3 Å². The summed E-state index contributed by atoms with van der Waals surface area (Å²) >= 11 is 0. The Labute approximate surface area is 122 Å². The molecule has 2 saturated heterocycles. The molecule has 2 aliphatic heterocycles. The first-order valence-electron chi connectivity index (χ1n) is 7.24. The average Bonchev–Trinajstić information content (AvgIpc) is 3.10. The highest BCUT2D eigenvalue weighted by molar-refractivity contribution is 5.62. The van der Waals surface area contributed by atoms with Gasteiger partial charge in [-0.3, -0.25) is 0 Å². The summed E-state index contributed by atoms with van der Waals surface area (Å²) in [6.07, 6.45) is 4.23. The smallest absolute Gasteiger partial charge is 0.143 e. The molecule has 0 amide bonds. The first-order valence-corrected chi connectivity index (χ1v) is 7.24. The van der Waals surface area contributed by atoms with Crippen molar-refractivity contribution in [2.75, 3.05) is 13.2 Å². The van der Waals surface area contributed by atoms with Crippen molar-refractivity contribution in [3.05, 3.63) is 17.7 Å². The number of nitrogens with zero attached hydrogens (tertiary/aromatic N) is 4. The van der Waals surface area contributed by atoms with Crippen molar-refractivity contribution >= 4 is 0 Å². The minimum Gasteiger partial charge on any atom is -0.375 e. The van der Waals surface area contributed by atoms with Crippen molar-refractivity contribution < 1.29 is 14.0 Å². The lowest BCUT2D eigenvalue weighted by Crippen LogP contribution is -2.49. The summed E-state index contributed by atoms with van der Waals surface area (Å²) in [7, 11) is 0. The molecular weight excluding hydrogens is 272 g/mol. The predicted octanol–water partition coefficient (Wildman–Crippen LogP) is 1.50. The molecule has 0 aliphatic carbocycles. The monoisotopic (exact) mass is 290 g/mol. The second-order valence-electron chi connectivity index (χ2n) is 5.98. The van der Waals surface area contributed by atoms with Crippen molar-refractivity contribution in [1.82, 2.24) is 20.2 Å². The molecule has 4 rings (SSSR count). The Balaban J connectivity index is 1.48. The average molecular weight is 290 g/mol. The van der Waals surface area contributed by atoms with E-state index in [0.29, 0.717) is 0 Å². The van der Waals surface area contributed by atoms with Crippen LogP contribution in [0.2, 0.25) is 0 Å². The maximum Gasteiger partial charge on any atom is 0.143 e. The molecule has 7 nitrogen and oxygen atoms in total. The number of hydrogen-bond donors (Lipinski definition) is 0. The lowest BCUT2D eigenvalue weighted by atomic mass is 9.98. The second kappa shape index (κ2) is 4.64. The second-order valence-corrected chi connectivity index (χ2v) is 5.98. The van der Waals surface area contributed by atoms with Crippen LogP contribution in [0.1, 0.15) is 24.3 Å². The third-order valence-electron chi connectivity index (χ3n) is 4.29. The maximum atomic E-state index is 6.09. The Kier molecular flexibility index (Phi) is 2.87. The van der Waals surface area contributed by atoms with Gasteiger partial charge in [0.25, 0.3) is 0 Å². The van der Waals surface area contributed by atoms with E-state index < -0.39 is 0 Å². The Morgan fingerprint density at radius 2 is 2.24 bits per heavy atom. The van der Waals surface area contributed by atoms with Crippen molar-refractivity contribution in [2.24, 2.45) is 0 Å². The number of hydrogen-bond acceptors (Lipinski definition) is 6. The highest BCUT2D eigenvalue weighted by Crippen LogP contribution is 2.36. The fourth-order valence-electron chi connectivity index (χ4n) is 3.13. The molecular formula is C14H18N4O3. The topological polar surface area (TPSA) is 75.2 Å². The minimum absolute atomic E-state index is 0.0181. The van der Waals surface area contributed by atoms with Crippen LogP contribution in [0.4, 0.5) is 0 Å². The zero-order valence-corrected chi connectivity index (χ0v) is 12.2. The Morgan fingerprint density at radius 3 is 2.86 bits per heavy atom. The highest BCUT2D eigenvalue weighted by atomic mass is 16.6. The quantitative estimate of drug-likeness (QED) is 0.852. The van der Waals surface area contributed by atoms with Crippen LogP contribution in [0.25, 0.3) is 11.3 Å². The van der Waals surface area contributed by atoms with Crippen LogP contribution in [0, 0.1) is 13.8 Å². The van der Waals surface area contributed by atoms with Crippen LogP contribution in [0.3, 0.4) is 0 Å². The van der Waals surface area contributed by atoms with Gasteiger partial charge in [-0.05, 0) is 26.7 Å². The summed E-state index contributed by atoms with van der Waals surface area (Å²) in [4.78, 5) is 0. The fraction of sp³-hybridized carbons (Fsp3) is 0.643. The molecule has 2 aliphatic rings. The molecule has 1 unspecified atom stereocenters. The number of aromatic nitrogens is 4. The minimum atomic E-state index is -0.0181. The fourth-order valence-corrected chi connectivity index (χ4v) is 3.13. The lowest BCUT2D eigenvalue weighted by molar-refractivity contribution is -0.201. The first kappa shape index (κ1) is 13.0. The van der Waals surface area contributed by atoms with E-state index in [1.54, 1.807) is 0 Å². The zero-order valence-electron chi connectivity index (χ0n) is 12.2. The van der Waals surface area contributed by atoms with E-state index in [1.165, 1.54) is 0 Å². The Hall–Kier alpha value is -1.73.